The van der Waals surface area contributed by atoms with Crippen molar-refractivity contribution in [2.45, 2.75) is 12.1 Å². The number of nitriles is 1. The molecule has 1 N–H and O–H groups in total. The predicted molar refractivity (Wildman–Crippen MR) is 68.0 cm³/mol. The van der Waals surface area contributed by atoms with E-state index in [0.29, 0.717) is 12.6 Å². The summed E-state index contributed by atoms with van der Waals surface area (Å²) in [6.07, 6.45) is -0.100. The van der Waals surface area contributed by atoms with Crippen LogP contribution in [-0.2, 0) is 4.74 Å². The topological polar surface area (TPSA) is 48.3 Å². The van der Waals surface area contributed by atoms with Crippen LogP contribution >= 0.6 is 0 Å². The van der Waals surface area contributed by atoms with Crippen LogP contribution in [0, 0.1) is 17.1 Å². The number of nitrogens with one attached hydrogen (secondary N) is 1. The van der Waals surface area contributed by atoms with Gasteiger partial charge in [-0.25, -0.2) is 4.39 Å². The molecule has 2 fully saturated rings. The molecule has 1 aromatic carbocycles. The molecule has 1 aromatic rings. The van der Waals surface area contributed by atoms with E-state index in [1.165, 1.54) is 12.1 Å². The van der Waals surface area contributed by atoms with Crippen molar-refractivity contribution in [3.8, 4) is 6.07 Å². The van der Waals surface area contributed by atoms with Gasteiger partial charge in [-0.3, -0.25) is 4.90 Å². The molecule has 0 spiro atoms. The third-order valence-electron chi connectivity index (χ3n) is 3.85. The van der Waals surface area contributed by atoms with E-state index in [-0.39, 0.29) is 11.7 Å². The summed E-state index contributed by atoms with van der Waals surface area (Å²) in [5.41, 5.74) is 0.896. The minimum Gasteiger partial charge on any atom is -0.371 e. The molecular formula is C14H16FN3O. The van der Waals surface area contributed by atoms with E-state index < -0.39 is 5.82 Å². The van der Waals surface area contributed by atoms with Gasteiger partial charge in [0, 0.05) is 32.2 Å². The normalized spacial score (nSPS) is 27.6. The average Bonchev–Trinajstić information content (AvgIpc) is 2.46. The van der Waals surface area contributed by atoms with Gasteiger partial charge in [-0.15, -0.1) is 0 Å². The summed E-state index contributed by atoms with van der Waals surface area (Å²) < 4.78 is 19.5. The van der Waals surface area contributed by atoms with Gasteiger partial charge >= 0.3 is 0 Å². The minimum atomic E-state index is -0.467. The Balaban J connectivity index is 1.76. The molecule has 100 valence electrons. The Hall–Kier alpha value is -1.48. The Morgan fingerprint density at radius 3 is 3.16 bits per heavy atom. The molecule has 19 heavy (non-hydrogen) atoms. The van der Waals surface area contributed by atoms with Crippen LogP contribution in [0.2, 0.25) is 0 Å². The van der Waals surface area contributed by atoms with Gasteiger partial charge in [-0.2, -0.15) is 5.26 Å². The number of halogens is 1. The fraction of sp³-hybridized carbons (Fsp3) is 0.500. The first-order valence-corrected chi connectivity index (χ1v) is 6.54. The molecule has 2 unspecified atom stereocenters. The maximum absolute atomic E-state index is 13.6. The van der Waals surface area contributed by atoms with Gasteiger partial charge in [-0.1, -0.05) is 6.07 Å². The van der Waals surface area contributed by atoms with Crippen molar-refractivity contribution in [1.82, 2.24) is 10.2 Å². The maximum atomic E-state index is 13.6. The lowest BCUT2D eigenvalue weighted by Gasteiger charge is -2.42. The van der Waals surface area contributed by atoms with Crippen molar-refractivity contribution >= 4 is 0 Å². The second-order valence-corrected chi connectivity index (χ2v) is 5.03. The number of fused-ring (bicyclic) bond motifs is 1. The maximum Gasteiger partial charge on any atom is 0.141 e. The Labute approximate surface area is 111 Å². The van der Waals surface area contributed by atoms with Crippen LogP contribution in [0.15, 0.2) is 18.2 Å². The summed E-state index contributed by atoms with van der Waals surface area (Å²) in [4.78, 5) is 2.39. The lowest BCUT2D eigenvalue weighted by molar-refractivity contribution is -0.0718. The molecule has 3 rings (SSSR count). The van der Waals surface area contributed by atoms with Gasteiger partial charge in [0.1, 0.15) is 11.9 Å². The van der Waals surface area contributed by atoms with Gasteiger partial charge in [0.15, 0.2) is 0 Å². The smallest absolute Gasteiger partial charge is 0.141 e. The van der Waals surface area contributed by atoms with Crippen molar-refractivity contribution in [2.24, 2.45) is 0 Å². The highest BCUT2D eigenvalue weighted by Gasteiger charge is 2.31. The summed E-state index contributed by atoms with van der Waals surface area (Å²) in [6.45, 7) is 4.40. The third-order valence-corrected chi connectivity index (χ3v) is 3.85. The predicted octanol–water partition coefficient (Wildman–Crippen LogP) is 1.04. The molecule has 0 aliphatic carbocycles. The van der Waals surface area contributed by atoms with E-state index in [2.05, 4.69) is 10.2 Å². The molecule has 0 saturated carbocycles. The molecule has 0 amide bonds. The van der Waals surface area contributed by atoms with Crippen LogP contribution in [0.4, 0.5) is 4.39 Å². The minimum absolute atomic E-state index is 0.0830. The van der Waals surface area contributed by atoms with Crippen molar-refractivity contribution < 1.29 is 9.13 Å². The van der Waals surface area contributed by atoms with Crippen molar-refractivity contribution in [3.05, 3.63) is 35.1 Å². The molecule has 0 radical (unpaired) electrons. The number of nitrogens with zero attached hydrogens (tertiary/aromatic N) is 2. The van der Waals surface area contributed by atoms with Crippen molar-refractivity contribution in [1.29, 1.82) is 5.26 Å². The Bertz CT molecular complexity index is 514. The number of ether oxygens (including phenoxy) is 1. The monoisotopic (exact) mass is 261 g/mol. The Morgan fingerprint density at radius 2 is 2.37 bits per heavy atom. The lowest BCUT2D eigenvalue weighted by Crippen LogP contribution is -2.57. The summed E-state index contributed by atoms with van der Waals surface area (Å²) in [5, 5.41) is 12.1. The quantitative estimate of drug-likeness (QED) is 0.820. The molecule has 0 aromatic heterocycles. The van der Waals surface area contributed by atoms with Gasteiger partial charge in [0.25, 0.3) is 0 Å². The van der Waals surface area contributed by atoms with E-state index in [1.807, 2.05) is 6.07 Å². The molecule has 2 aliphatic rings. The van der Waals surface area contributed by atoms with Crippen LogP contribution in [0.3, 0.4) is 0 Å². The average molecular weight is 261 g/mol. The summed E-state index contributed by atoms with van der Waals surface area (Å²) in [7, 11) is 0. The molecule has 2 aliphatic heterocycles. The molecule has 2 atom stereocenters. The first-order valence-electron chi connectivity index (χ1n) is 6.54. The van der Waals surface area contributed by atoms with E-state index >= 15 is 0 Å². The lowest BCUT2D eigenvalue weighted by atomic mass is 10.0. The van der Waals surface area contributed by atoms with Gasteiger partial charge in [-0.05, 0) is 17.7 Å². The van der Waals surface area contributed by atoms with Crippen molar-refractivity contribution in [2.75, 3.05) is 32.8 Å². The summed E-state index contributed by atoms with van der Waals surface area (Å²) >= 11 is 0. The number of rotatable bonds is 1. The highest BCUT2D eigenvalue weighted by atomic mass is 19.1. The largest absolute Gasteiger partial charge is 0.371 e. The second-order valence-electron chi connectivity index (χ2n) is 5.03. The Morgan fingerprint density at radius 1 is 1.47 bits per heavy atom. The third kappa shape index (κ3) is 2.47. The van der Waals surface area contributed by atoms with Gasteiger partial charge < -0.3 is 10.1 Å². The first kappa shape index (κ1) is 12.5. The highest BCUT2D eigenvalue weighted by Crippen LogP contribution is 2.26. The molecule has 5 heteroatoms. The summed E-state index contributed by atoms with van der Waals surface area (Å²) in [5.74, 6) is -0.467. The molecule has 0 bridgehead atoms. The molecule has 2 heterocycles. The van der Waals surface area contributed by atoms with Crippen LogP contribution < -0.4 is 5.32 Å². The number of piperazine rings is 1. The zero-order chi connectivity index (χ0) is 13.2. The number of hydrogen-bond donors (Lipinski definition) is 1. The summed E-state index contributed by atoms with van der Waals surface area (Å²) in [6, 6.07) is 7.00. The zero-order valence-corrected chi connectivity index (χ0v) is 10.6. The number of morpholine rings is 1. The standard InChI is InChI=1S/C14H16FN3O/c15-13-5-10(1-2-11(13)6-16)14-8-18-4-3-17-7-12(18)9-19-14/h1-2,5,12,14,17H,3-4,7-9H2. The molecule has 2 saturated heterocycles. The fourth-order valence-electron chi connectivity index (χ4n) is 2.72. The van der Waals surface area contributed by atoms with E-state index in [4.69, 9.17) is 10.00 Å². The first-order chi connectivity index (χ1) is 9.28. The van der Waals surface area contributed by atoms with Crippen LogP contribution in [0.25, 0.3) is 0 Å². The number of hydrogen-bond acceptors (Lipinski definition) is 4. The SMILES string of the molecule is N#Cc1ccc(C2CN3CCNCC3CO2)cc1F. The van der Waals surface area contributed by atoms with E-state index in [0.717, 1.165) is 31.7 Å². The molecule has 4 nitrogen and oxygen atoms in total. The highest BCUT2D eigenvalue weighted by molar-refractivity contribution is 5.34. The van der Waals surface area contributed by atoms with Crippen LogP contribution in [-0.4, -0.2) is 43.7 Å². The van der Waals surface area contributed by atoms with E-state index in [9.17, 15) is 4.39 Å². The van der Waals surface area contributed by atoms with E-state index in [1.54, 1.807) is 6.07 Å². The van der Waals surface area contributed by atoms with Crippen molar-refractivity contribution in [3.63, 3.8) is 0 Å². The zero-order valence-electron chi connectivity index (χ0n) is 10.6. The molecular weight excluding hydrogens is 245 g/mol. The fourth-order valence-corrected chi connectivity index (χ4v) is 2.72. The van der Waals surface area contributed by atoms with Crippen LogP contribution in [0.1, 0.15) is 17.2 Å². The Kier molecular flexibility index (Phi) is 3.47. The van der Waals surface area contributed by atoms with Crippen LogP contribution in [0.5, 0.6) is 0 Å². The number of benzene rings is 1. The van der Waals surface area contributed by atoms with Gasteiger partial charge in [0.05, 0.1) is 18.3 Å². The van der Waals surface area contributed by atoms with Gasteiger partial charge in [0.2, 0.25) is 0 Å². The second kappa shape index (κ2) is 5.25.